The van der Waals surface area contributed by atoms with Crippen molar-refractivity contribution in [1.82, 2.24) is 0 Å². The number of hydrogen-bond donors (Lipinski definition) is 2. The average Bonchev–Trinajstić information content (AvgIpc) is 2.34. The highest BCUT2D eigenvalue weighted by Gasteiger charge is 2.16. The zero-order valence-corrected chi connectivity index (χ0v) is 11.8. The molecular formula is C14H20N4S. The highest BCUT2D eigenvalue weighted by molar-refractivity contribution is 7.99. The Hall–Kier alpha value is -1.49. The van der Waals surface area contributed by atoms with Gasteiger partial charge < -0.3 is 11.5 Å². The highest BCUT2D eigenvalue weighted by Crippen LogP contribution is 2.32. The minimum absolute atomic E-state index is 0.0148. The topological polar surface area (TPSA) is 76.8 Å². The van der Waals surface area contributed by atoms with E-state index in [0.717, 1.165) is 12.3 Å². The van der Waals surface area contributed by atoms with Crippen molar-refractivity contribution in [2.45, 2.75) is 30.6 Å². The van der Waals surface area contributed by atoms with Gasteiger partial charge in [0.1, 0.15) is 0 Å². The average molecular weight is 276 g/mol. The van der Waals surface area contributed by atoms with Crippen molar-refractivity contribution in [2.24, 2.45) is 27.6 Å². The van der Waals surface area contributed by atoms with E-state index >= 15 is 0 Å². The van der Waals surface area contributed by atoms with Gasteiger partial charge in [-0.25, -0.2) is 0 Å². The summed E-state index contributed by atoms with van der Waals surface area (Å²) in [6.07, 6.45) is 6.68. The lowest BCUT2D eigenvalue weighted by Gasteiger charge is -2.24. The highest BCUT2D eigenvalue weighted by atomic mass is 32.2. The van der Waals surface area contributed by atoms with Gasteiger partial charge in [0.05, 0.1) is 0 Å². The summed E-state index contributed by atoms with van der Waals surface area (Å²) in [7, 11) is 0. The van der Waals surface area contributed by atoms with Gasteiger partial charge in [-0.3, -0.25) is 0 Å². The predicted octanol–water partition coefficient (Wildman–Crippen LogP) is 2.38. The monoisotopic (exact) mass is 276 g/mol. The van der Waals surface area contributed by atoms with Crippen LogP contribution < -0.4 is 11.5 Å². The summed E-state index contributed by atoms with van der Waals surface area (Å²) in [5.41, 5.74) is 11.6. The smallest absolute Gasteiger partial charge is 0.211 e. The molecule has 1 aliphatic rings. The first-order valence-corrected chi connectivity index (χ1v) is 7.55. The third-order valence-corrected chi connectivity index (χ3v) is 4.46. The normalized spacial score (nSPS) is 15.4. The SMILES string of the molecule is NC(N)=NN=CCc1ccc(SCC2CCC2)cc1. The van der Waals surface area contributed by atoms with Crippen LogP contribution in [0.15, 0.2) is 39.4 Å². The molecular weight excluding hydrogens is 256 g/mol. The number of nitrogens with zero attached hydrogens (tertiary/aromatic N) is 2. The van der Waals surface area contributed by atoms with E-state index in [2.05, 4.69) is 34.5 Å². The van der Waals surface area contributed by atoms with Crippen LogP contribution >= 0.6 is 11.8 Å². The maximum Gasteiger partial charge on any atom is 0.211 e. The first kappa shape index (κ1) is 13.9. The van der Waals surface area contributed by atoms with Crippen molar-refractivity contribution >= 4 is 23.9 Å². The molecule has 102 valence electrons. The molecule has 0 saturated heterocycles. The molecule has 0 unspecified atom stereocenters. The van der Waals surface area contributed by atoms with Crippen molar-refractivity contribution in [3.8, 4) is 0 Å². The van der Waals surface area contributed by atoms with Crippen molar-refractivity contribution in [1.29, 1.82) is 0 Å². The van der Waals surface area contributed by atoms with Gasteiger partial charge >= 0.3 is 0 Å². The van der Waals surface area contributed by atoms with Crippen LogP contribution in [0.25, 0.3) is 0 Å². The molecule has 0 spiro atoms. The number of rotatable bonds is 6. The molecule has 0 bridgehead atoms. The van der Waals surface area contributed by atoms with E-state index in [1.54, 1.807) is 6.21 Å². The number of thioether (sulfide) groups is 1. The summed E-state index contributed by atoms with van der Waals surface area (Å²) in [4.78, 5) is 1.34. The van der Waals surface area contributed by atoms with Crippen LogP contribution in [0.5, 0.6) is 0 Å². The molecule has 2 rings (SSSR count). The summed E-state index contributed by atoms with van der Waals surface area (Å²) >= 11 is 1.96. The quantitative estimate of drug-likeness (QED) is 0.362. The van der Waals surface area contributed by atoms with E-state index in [-0.39, 0.29) is 5.96 Å². The van der Waals surface area contributed by atoms with Crippen molar-refractivity contribution in [3.05, 3.63) is 29.8 Å². The van der Waals surface area contributed by atoms with E-state index in [0.29, 0.717) is 0 Å². The minimum Gasteiger partial charge on any atom is -0.369 e. The van der Waals surface area contributed by atoms with Crippen LogP contribution in [-0.2, 0) is 6.42 Å². The maximum absolute atomic E-state index is 5.18. The predicted molar refractivity (Wildman–Crippen MR) is 82.5 cm³/mol. The molecule has 1 aromatic carbocycles. The van der Waals surface area contributed by atoms with Gasteiger partial charge in [0.2, 0.25) is 5.96 Å². The molecule has 1 saturated carbocycles. The lowest BCUT2D eigenvalue weighted by molar-refractivity contribution is 0.353. The first-order valence-electron chi connectivity index (χ1n) is 6.56. The van der Waals surface area contributed by atoms with Crippen LogP contribution in [-0.4, -0.2) is 17.9 Å². The van der Waals surface area contributed by atoms with Crippen LogP contribution in [0.3, 0.4) is 0 Å². The fourth-order valence-electron chi connectivity index (χ4n) is 1.85. The van der Waals surface area contributed by atoms with Crippen molar-refractivity contribution in [2.75, 3.05) is 5.75 Å². The molecule has 5 heteroatoms. The number of nitrogens with two attached hydrogens (primary N) is 2. The molecule has 0 radical (unpaired) electrons. The van der Waals surface area contributed by atoms with E-state index in [4.69, 9.17) is 11.5 Å². The minimum atomic E-state index is -0.0148. The molecule has 0 amide bonds. The maximum atomic E-state index is 5.18. The molecule has 0 heterocycles. The molecule has 4 nitrogen and oxygen atoms in total. The summed E-state index contributed by atoms with van der Waals surface area (Å²) in [5, 5.41) is 7.33. The fraction of sp³-hybridized carbons (Fsp3) is 0.429. The van der Waals surface area contributed by atoms with Crippen molar-refractivity contribution < 1.29 is 0 Å². The fourth-order valence-corrected chi connectivity index (χ4v) is 2.94. The lowest BCUT2D eigenvalue weighted by atomic mass is 9.87. The Morgan fingerprint density at radius 3 is 2.58 bits per heavy atom. The van der Waals surface area contributed by atoms with Gasteiger partial charge in [-0.15, -0.1) is 16.9 Å². The van der Waals surface area contributed by atoms with Gasteiger partial charge in [0.15, 0.2) is 0 Å². The summed E-state index contributed by atoms with van der Waals surface area (Å²) in [6, 6.07) is 8.61. The Morgan fingerprint density at radius 2 is 2.00 bits per heavy atom. The van der Waals surface area contributed by atoms with Gasteiger partial charge in [0.25, 0.3) is 0 Å². The Morgan fingerprint density at radius 1 is 1.26 bits per heavy atom. The van der Waals surface area contributed by atoms with Crippen LogP contribution in [0, 0.1) is 5.92 Å². The zero-order valence-electron chi connectivity index (χ0n) is 11.0. The molecule has 4 N–H and O–H groups in total. The van der Waals surface area contributed by atoms with Gasteiger partial charge in [-0.1, -0.05) is 18.6 Å². The van der Waals surface area contributed by atoms with Gasteiger partial charge in [-0.2, -0.15) is 5.10 Å². The summed E-state index contributed by atoms with van der Waals surface area (Å²) in [6.45, 7) is 0. The Kier molecular flexibility index (Phi) is 5.27. The summed E-state index contributed by atoms with van der Waals surface area (Å²) < 4.78 is 0. The number of guanidine groups is 1. The molecule has 0 aromatic heterocycles. The van der Waals surface area contributed by atoms with Crippen LogP contribution in [0.4, 0.5) is 0 Å². The number of hydrogen-bond acceptors (Lipinski definition) is 3. The second kappa shape index (κ2) is 7.19. The second-order valence-electron chi connectivity index (χ2n) is 4.78. The number of benzene rings is 1. The molecule has 1 fully saturated rings. The van der Waals surface area contributed by atoms with Gasteiger partial charge in [0, 0.05) is 23.3 Å². The Balaban J connectivity index is 1.77. The van der Waals surface area contributed by atoms with Crippen LogP contribution in [0.2, 0.25) is 0 Å². The van der Waals surface area contributed by atoms with Crippen LogP contribution in [0.1, 0.15) is 24.8 Å². The molecule has 0 atom stereocenters. The van der Waals surface area contributed by atoms with Gasteiger partial charge in [-0.05, 0) is 36.5 Å². The largest absolute Gasteiger partial charge is 0.369 e. The zero-order chi connectivity index (χ0) is 13.5. The summed E-state index contributed by atoms with van der Waals surface area (Å²) in [5.74, 6) is 2.18. The standard InChI is InChI=1S/C14H20N4S/c15-14(16)18-17-9-8-11-4-6-13(7-5-11)19-10-12-2-1-3-12/h4-7,9,12H,1-3,8,10H2,(H4,15,16,18). The molecule has 19 heavy (non-hydrogen) atoms. The Labute approximate surface area is 118 Å². The molecule has 1 aliphatic carbocycles. The van der Waals surface area contributed by atoms with E-state index < -0.39 is 0 Å². The first-order chi connectivity index (χ1) is 9.24. The lowest BCUT2D eigenvalue weighted by Crippen LogP contribution is -2.21. The second-order valence-corrected chi connectivity index (χ2v) is 5.87. The van der Waals surface area contributed by atoms with E-state index in [9.17, 15) is 0 Å². The third kappa shape index (κ3) is 4.95. The van der Waals surface area contributed by atoms with E-state index in [1.165, 1.54) is 35.5 Å². The Bertz CT molecular complexity index is 445. The van der Waals surface area contributed by atoms with Crippen molar-refractivity contribution in [3.63, 3.8) is 0 Å². The van der Waals surface area contributed by atoms with E-state index in [1.807, 2.05) is 11.8 Å². The molecule has 1 aromatic rings. The third-order valence-electron chi connectivity index (χ3n) is 3.22. The molecule has 0 aliphatic heterocycles.